The van der Waals surface area contributed by atoms with Crippen molar-refractivity contribution in [3.8, 4) is 0 Å². The van der Waals surface area contributed by atoms with Gasteiger partial charge >= 0.3 is 0 Å². The third kappa shape index (κ3) is 2.11. The average molecular weight is 168 g/mol. The van der Waals surface area contributed by atoms with E-state index in [1.54, 1.807) is 12.5 Å². The fourth-order valence-corrected chi connectivity index (χ4v) is 1.27. The Balaban J connectivity index is 2.60. The van der Waals surface area contributed by atoms with E-state index < -0.39 is 5.60 Å². The van der Waals surface area contributed by atoms with Crippen LogP contribution in [0.5, 0.6) is 0 Å². The first kappa shape index (κ1) is 9.33. The van der Waals surface area contributed by atoms with Crippen LogP contribution < -0.4 is 0 Å². The molecule has 1 aromatic heterocycles. The minimum atomic E-state index is -0.552. The molecular formula is C10H16O2. The van der Waals surface area contributed by atoms with Crippen LogP contribution in [0.15, 0.2) is 23.0 Å². The zero-order valence-corrected chi connectivity index (χ0v) is 7.71. The lowest BCUT2D eigenvalue weighted by atomic mass is 9.91. The van der Waals surface area contributed by atoms with E-state index in [0.717, 1.165) is 18.4 Å². The molecule has 0 aromatic carbocycles. The van der Waals surface area contributed by atoms with Crippen molar-refractivity contribution < 1.29 is 9.52 Å². The number of furan rings is 1. The Hall–Kier alpha value is -0.760. The van der Waals surface area contributed by atoms with Crippen molar-refractivity contribution in [2.45, 2.75) is 38.7 Å². The fourth-order valence-electron chi connectivity index (χ4n) is 1.27. The molecular weight excluding hydrogens is 152 g/mol. The van der Waals surface area contributed by atoms with Gasteiger partial charge in [-0.1, -0.05) is 13.8 Å². The van der Waals surface area contributed by atoms with Crippen LogP contribution in [0.3, 0.4) is 0 Å². The molecule has 12 heavy (non-hydrogen) atoms. The highest BCUT2D eigenvalue weighted by atomic mass is 16.3. The SMILES string of the molecule is CCC(O)(CC)Cc1ccoc1. The maximum Gasteiger partial charge on any atom is 0.0935 e. The van der Waals surface area contributed by atoms with Crippen LogP contribution in [0.1, 0.15) is 32.3 Å². The van der Waals surface area contributed by atoms with Gasteiger partial charge in [-0.2, -0.15) is 0 Å². The predicted molar refractivity (Wildman–Crippen MR) is 47.9 cm³/mol. The molecule has 0 fully saturated rings. The zero-order valence-electron chi connectivity index (χ0n) is 7.71. The van der Waals surface area contributed by atoms with Gasteiger partial charge in [0.25, 0.3) is 0 Å². The van der Waals surface area contributed by atoms with Crippen LogP contribution in [-0.4, -0.2) is 10.7 Å². The molecule has 0 saturated carbocycles. The molecule has 1 heterocycles. The Morgan fingerprint density at radius 1 is 1.42 bits per heavy atom. The molecule has 0 bridgehead atoms. The van der Waals surface area contributed by atoms with Gasteiger partial charge in [0.05, 0.1) is 18.1 Å². The van der Waals surface area contributed by atoms with Crippen molar-refractivity contribution in [3.63, 3.8) is 0 Å². The summed E-state index contributed by atoms with van der Waals surface area (Å²) in [5.74, 6) is 0. The summed E-state index contributed by atoms with van der Waals surface area (Å²) in [4.78, 5) is 0. The molecule has 2 nitrogen and oxygen atoms in total. The lowest BCUT2D eigenvalue weighted by Crippen LogP contribution is -2.29. The fraction of sp³-hybridized carbons (Fsp3) is 0.600. The van der Waals surface area contributed by atoms with Crippen molar-refractivity contribution in [2.75, 3.05) is 0 Å². The zero-order chi connectivity index (χ0) is 9.03. The minimum Gasteiger partial charge on any atom is -0.472 e. The summed E-state index contributed by atoms with van der Waals surface area (Å²) in [6.45, 7) is 4.01. The topological polar surface area (TPSA) is 33.4 Å². The highest BCUT2D eigenvalue weighted by molar-refractivity contribution is 5.09. The van der Waals surface area contributed by atoms with Crippen LogP contribution >= 0.6 is 0 Å². The smallest absolute Gasteiger partial charge is 0.0935 e. The van der Waals surface area contributed by atoms with Gasteiger partial charge in [-0.15, -0.1) is 0 Å². The summed E-state index contributed by atoms with van der Waals surface area (Å²) in [5, 5.41) is 9.96. The normalized spacial score (nSPS) is 11.9. The highest BCUT2D eigenvalue weighted by Gasteiger charge is 2.22. The predicted octanol–water partition coefficient (Wildman–Crippen LogP) is 2.37. The first-order chi connectivity index (χ1) is 5.70. The number of rotatable bonds is 4. The summed E-state index contributed by atoms with van der Waals surface area (Å²) < 4.78 is 4.94. The van der Waals surface area contributed by atoms with E-state index in [1.807, 2.05) is 19.9 Å². The molecule has 0 radical (unpaired) electrons. The Kier molecular flexibility index (Phi) is 2.93. The summed E-state index contributed by atoms with van der Waals surface area (Å²) >= 11 is 0. The second-order valence-electron chi connectivity index (χ2n) is 3.24. The molecule has 0 unspecified atom stereocenters. The minimum absolute atomic E-state index is 0.552. The van der Waals surface area contributed by atoms with E-state index in [2.05, 4.69) is 0 Å². The quantitative estimate of drug-likeness (QED) is 0.748. The summed E-state index contributed by atoms with van der Waals surface area (Å²) in [5.41, 5.74) is 0.519. The van der Waals surface area contributed by atoms with Gasteiger partial charge in [-0.05, 0) is 24.5 Å². The number of hydrogen-bond acceptors (Lipinski definition) is 2. The van der Waals surface area contributed by atoms with Crippen LogP contribution in [0.2, 0.25) is 0 Å². The Bertz CT molecular complexity index is 210. The van der Waals surface area contributed by atoms with E-state index in [9.17, 15) is 5.11 Å². The average Bonchev–Trinajstić information content (AvgIpc) is 2.57. The molecule has 2 heteroatoms. The molecule has 1 aromatic rings. The van der Waals surface area contributed by atoms with Crippen LogP contribution in [0.25, 0.3) is 0 Å². The lowest BCUT2D eigenvalue weighted by molar-refractivity contribution is 0.0325. The van der Waals surface area contributed by atoms with Crippen molar-refractivity contribution in [1.82, 2.24) is 0 Å². The lowest BCUT2D eigenvalue weighted by Gasteiger charge is -2.24. The van der Waals surface area contributed by atoms with E-state index in [-0.39, 0.29) is 0 Å². The number of aliphatic hydroxyl groups is 1. The molecule has 0 spiro atoms. The van der Waals surface area contributed by atoms with Crippen LogP contribution in [0, 0.1) is 0 Å². The maximum absolute atomic E-state index is 9.96. The second-order valence-corrected chi connectivity index (χ2v) is 3.24. The third-order valence-corrected chi connectivity index (χ3v) is 2.43. The molecule has 1 rings (SSSR count). The van der Waals surface area contributed by atoms with E-state index in [0.29, 0.717) is 6.42 Å². The van der Waals surface area contributed by atoms with E-state index in [1.165, 1.54) is 0 Å². The molecule has 0 aliphatic heterocycles. The molecule has 0 aliphatic carbocycles. The summed E-state index contributed by atoms with van der Waals surface area (Å²) in [6, 6.07) is 1.90. The first-order valence-electron chi connectivity index (χ1n) is 4.43. The Morgan fingerprint density at radius 3 is 2.50 bits per heavy atom. The second kappa shape index (κ2) is 3.76. The van der Waals surface area contributed by atoms with Gasteiger partial charge in [0.2, 0.25) is 0 Å². The van der Waals surface area contributed by atoms with Gasteiger partial charge in [0.15, 0.2) is 0 Å². The van der Waals surface area contributed by atoms with Crippen molar-refractivity contribution in [3.05, 3.63) is 24.2 Å². The Labute approximate surface area is 73.2 Å². The largest absolute Gasteiger partial charge is 0.472 e. The molecule has 68 valence electrons. The summed E-state index contributed by atoms with van der Waals surface area (Å²) in [7, 11) is 0. The molecule has 1 N–H and O–H groups in total. The van der Waals surface area contributed by atoms with Crippen molar-refractivity contribution in [1.29, 1.82) is 0 Å². The molecule has 0 aliphatic rings. The van der Waals surface area contributed by atoms with E-state index >= 15 is 0 Å². The molecule has 0 atom stereocenters. The van der Waals surface area contributed by atoms with E-state index in [4.69, 9.17) is 4.42 Å². The molecule has 0 amide bonds. The van der Waals surface area contributed by atoms with Gasteiger partial charge in [0.1, 0.15) is 0 Å². The van der Waals surface area contributed by atoms with Crippen molar-refractivity contribution >= 4 is 0 Å². The van der Waals surface area contributed by atoms with Crippen LogP contribution in [0.4, 0.5) is 0 Å². The summed E-state index contributed by atoms with van der Waals surface area (Å²) in [6.07, 6.45) is 5.59. The molecule has 0 saturated heterocycles. The maximum atomic E-state index is 9.96. The number of hydrogen-bond donors (Lipinski definition) is 1. The van der Waals surface area contributed by atoms with Crippen molar-refractivity contribution in [2.24, 2.45) is 0 Å². The standard InChI is InChI=1S/C10H16O2/c1-3-10(11,4-2)7-9-5-6-12-8-9/h5-6,8,11H,3-4,7H2,1-2H3. The van der Waals surface area contributed by atoms with Gasteiger partial charge in [-0.25, -0.2) is 0 Å². The monoisotopic (exact) mass is 168 g/mol. The van der Waals surface area contributed by atoms with Crippen LogP contribution in [-0.2, 0) is 6.42 Å². The van der Waals surface area contributed by atoms with Gasteiger partial charge in [-0.3, -0.25) is 0 Å². The van der Waals surface area contributed by atoms with Gasteiger partial charge < -0.3 is 9.52 Å². The van der Waals surface area contributed by atoms with Gasteiger partial charge in [0, 0.05) is 6.42 Å². The Morgan fingerprint density at radius 2 is 2.08 bits per heavy atom. The third-order valence-electron chi connectivity index (χ3n) is 2.43. The first-order valence-corrected chi connectivity index (χ1v) is 4.43. The highest BCUT2D eigenvalue weighted by Crippen LogP contribution is 2.20.